The first-order valence-corrected chi connectivity index (χ1v) is 11.2. The van der Waals surface area contributed by atoms with Gasteiger partial charge in [0, 0.05) is 12.5 Å². The molecule has 1 spiro atoms. The molecule has 1 aromatic heterocycles. The number of allylic oxidation sites excluding steroid dienone is 2. The van der Waals surface area contributed by atoms with Crippen molar-refractivity contribution in [2.45, 2.75) is 25.6 Å². The summed E-state index contributed by atoms with van der Waals surface area (Å²) in [5, 5.41) is 32.8. The Hall–Kier alpha value is -5.13. The predicted molar refractivity (Wildman–Crippen MR) is 124 cm³/mol. The van der Waals surface area contributed by atoms with Gasteiger partial charge in [-0.25, -0.2) is 9.59 Å². The van der Waals surface area contributed by atoms with Crippen molar-refractivity contribution in [1.29, 1.82) is 0 Å². The van der Waals surface area contributed by atoms with Crippen LogP contribution < -0.4 is 10.4 Å². The van der Waals surface area contributed by atoms with Crippen LogP contribution >= 0.6 is 0 Å². The fourth-order valence-electron chi connectivity index (χ4n) is 5.12. The van der Waals surface area contributed by atoms with E-state index in [-0.39, 0.29) is 24.0 Å². The van der Waals surface area contributed by atoms with Crippen molar-refractivity contribution in [2.75, 3.05) is 7.11 Å². The number of fused-ring (bicyclic) bond motifs is 4. The fourth-order valence-corrected chi connectivity index (χ4v) is 5.12. The van der Waals surface area contributed by atoms with Crippen LogP contribution in [0.1, 0.15) is 59.2 Å². The van der Waals surface area contributed by atoms with Crippen LogP contribution in [-0.4, -0.2) is 51.5 Å². The molecule has 6 rings (SSSR count). The highest BCUT2D eigenvalue weighted by Gasteiger charge is 2.56. The third-order valence-corrected chi connectivity index (χ3v) is 6.83. The monoisotopic (exact) mass is 520 g/mol. The van der Waals surface area contributed by atoms with Crippen LogP contribution in [0.3, 0.4) is 0 Å². The van der Waals surface area contributed by atoms with Crippen LogP contribution in [0.25, 0.3) is 10.8 Å². The van der Waals surface area contributed by atoms with Gasteiger partial charge in [0.25, 0.3) is 5.78 Å². The van der Waals surface area contributed by atoms with Gasteiger partial charge in [-0.3, -0.25) is 14.4 Å². The third kappa shape index (κ3) is 2.82. The number of methoxy groups -OCH3 is 1. The molecule has 192 valence electrons. The summed E-state index contributed by atoms with van der Waals surface area (Å²) >= 11 is 0. The summed E-state index contributed by atoms with van der Waals surface area (Å²) in [6.07, 6.45) is 0.538. The van der Waals surface area contributed by atoms with Crippen LogP contribution in [0.5, 0.6) is 23.0 Å². The standard InChI is InChI=1S/C26H16O12/c1-8-5-10-6-9-3-4-26(37-22(9)21(31)13(10)24(33)36-8)23(32)16-17(25(34)38-26)20(30)15-14(19(16)29)11(27)7-12(35-2)18(15)28/h5-7,29-31H,3-4H2,1-2H3. The molecular weight excluding hydrogens is 504 g/mol. The van der Waals surface area contributed by atoms with Crippen LogP contribution in [0.2, 0.25) is 0 Å². The predicted octanol–water partition coefficient (Wildman–Crippen LogP) is 2.20. The molecular formula is C26H16O12. The zero-order chi connectivity index (χ0) is 27.3. The first kappa shape index (κ1) is 23.3. The molecule has 1 atom stereocenters. The van der Waals surface area contributed by atoms with Crippen LogP contribution in [0, 0.1) is 6.92 Å². The molecule has 3 aromatic rings. The van der Waals surface area contributed by atoms with Crippen molar-refractivity contribution in [1.82, 2.24) is 0 Å². The zero-order valence-corrected chi connectivity index (χ0v) is 19.7. The SMILES string of the molecule is COC1=CC(=O)c2c(O)c3c(c(O)c2C1=O)C(=O)OC1(CCc2cc4cc(C)oc(=O)c4c(O)c2O1)C3=O. The van der Waals surface area contributed by atoms with E-state index in [2.05, 4.69) is 0 Å². The van der Waals surface area contributed by atoms with Gasteiger partial charge in [-0.15, -0.1) is 0 Å². The Morgan fingerprint density at radius 2 is 1.61 bits per heavy atom. The van der Waals surface area contributed by atoms with Gasteiger partial charge in [-0.05, 0) is 36.4 Å². The third-order valence-electron chi connectivity index (χ3n) is 6.83. The Balaban J connectivity index is 1.54. The smallest absolute Gasteiger partial charge is 0.347 e. The van der Waals surface area contributed by atoms with E-state index >= 15 is 0 Å². The Labute approximate surface area is 211 Å². The summed E-state index contributed by atoms with van der Waals surface area (Å²) in [5.41, 5.74) is -3.48. The lowest BCUT2D eigenvalue weighted by molar-refractivity contribution is -0.126. The van der Waals surface area contributed by atoms with Gasteiger partial charge in [-0.1, -0.05) is 0 Å². The fraction of sp³-hybridized carbons (Fsp3) is 0.192. The number of phenolic OH excluding ortho intramolecular Hbond substituents is 3. The van der Waals surface area contributed by atoms with Crippen LogP contribution in [0.4, 0.5) is 0 Å². The molecule has 3 heterocycles. The number of benzene rings is 2. The van der Waals surface area contributed by atoms with E-state index < -0.39 is 80.0 Å². The lowest BCUT2D eigenvalue weighted by atomic mass is 9.81. The van der Waals surface area contributed by atoms with Crippen molar-refractivity contribution in [3.05, 3.63) is 68.0 Å². The first-order chi connectivity index (χ1) is 18.0. The molecule has 1 unspecified atom stereocenters. The summed E-state index contributed by atoms with van der Waals surface area (Å²) < 4.78 is 21.0. The van der Waals surface area contributed by atoms with Gasteiger partial charge in [0.2, 0.25) is 5.78 Å². The Morgan fingerprint density at radius 1 is 0.895 bits per heavy atom. The molecule has 12 heteroatoms. The molecule has 0 radical (unpaired) electrons. The molecule has 2 aliphatic heterocycles. The maximum absolute atomic E-state index is 13.7. The molecule has 0 fully saturated rings. The van der Waals surface area contributed by atoms with E-state index in [4.69, 9.17) is 18.6 Å². The molecule has 38 heavy (non-hydrogen) atoms. The van der Waals surface area contributed by atoms with Crippen LogP contribution in [0.15, 0.2) is 33.2 Å². The number of hydrogen-bond donors (Lipinski definition) is 3. The van der Waals surface area contributed by atoms with Gasteiger partial charge in [0.05, 0.1) is 23.8 Å². The van der Waals surface area contributed by atoms with E-state index in [1.807, 2.05) is 0 Å². The number of phenols is 3. The highest BCUT2D eigenvalue weighted by atomic mass is 16.7. The molecule has 1 aliphatic carbocycles. The lowest BCUT2D eigenvalue weighted by Crippen LogP contribution is -2.54. The molecule has 12 nitrogen and oxygen atoms in total. The summed E-state index contributed by atoms with van der Waals surface area (Å²) in [6, 6.07) is 3.10. The largest absolute Gasteiger partial charge is 0.506 e. The van der Waals surface area contributed by atoms with E-state index in [1.165, 1.54) is 6.07 Å². The maximum atomic E-state index is 13.7. The minimum Gasteiger partial charge on any atom is -0.506 e. The second kappa shape index (κ2) is 7.44. The molecule has 0 saturated carbocycles. The molecule has 2 aromatic carbocycles. The Morgan fingerprint density at radius 3 is 2.32 bits per heavy atom. The van der Waals surface area contributed by atoms with E-state index in [9.17, 15) is 39.3 Å². The molecule has 0 saturated heterocycles. The minimum atomic E-state index is -2.42. The molecule has 3 aliphatic rings. The number of rotatable bonds is 1. The molecule has 3 N–H and O–H groups in total. The van der Waals surface area contributed by atoms with Gasteiger partial charge >= 0.3 is 17.4 Å². The van der Waals surface area contributed by atoms with Gasteiger partial charge in [0.15, 0.2) is 23.0 Å². The number of aryl methyl sites for hydroxylation is 2. The van der Waals surface area contributed by atoms with Crippen LogP contribution in [-0.2, 0) is 15.9 Å². The second-order valence-corrected chi connectivity index (χ2v) is 9.00. The maximum Gasteiger partial charge on any atom is 0.347 e. The van der Waals surface area contributed by atoms with Crippen molar-refractivity contribution in [2.24, 2.45) is 0 Å². The average molecular weight is 520 g/mol. The number of carbonyl (C=O) groups excluding carboxylic acids is 4. The number of aromatic hydroxyl groups is 3. The highest BCUT2D eigenvalue weighted by Crippen LogP contribution is 2.50. The second-order valence-electron chi connectivity index (χ2n) is 9.00. The normalized spacial score (nSPS) is 19.9. The Bertz CT molecular complexity index is 1790. The summed E-state index contributed by atoms with van der Waals surface area (Å²) in [7, 11) is 1.11. The van der Waals surface area contributed by atoms with Crippen molar-refractivity contribution >= 4 is 34.1 Å². The van der Waals surface area contributed by atoms with Crippen molar-refractivity contribution < 1.29 is 53.1 Å². The highest BCUT2D eigenvalue weighted by molar-refractivity contribution is 6.29. The van der Waals surface area contributed by atoms with E-state index in [1.54, 1.807) is 13.0 Å². The van der Waals surface area contributed by atoms with Gasteiger partial charge in [0.1, 0.15) is 28.2 Å². The van der Waals surface area contributed by atoms with E-state index in [0.29, 0.717) is 16.7 Å². The van der Waals surface area contributed by atoms with E-state index in [0.717, 1.165) is 13.2 Å². The number of ketones is 3. The number of hydrogen-bond acceptors (Lipinski definition) is 12. The quantitative estimate of drug-likeness (QED) is 0.314. The van der Waals surface area contributed by atoms with Crippen molar-refractivity contribution in [3.8, 4) is 23.0 Å². The minimum absolute atomic E-state index is 0.0293. The number of ether oxygens (including phenoxy) is 3. The Kier molecular flexibility index (Phi) is 4.56. The number of carbonyl (C=O) groups is 4. The first-order valence-electron chi connectivity index (χ1n) is 11.2. The zero-order valence-electron chi connectivity index (χ0n) is 19.7. The summed E-state index contributed by atoms with van der Waals surface area (Å²) in [4.78, 5) is 64.7. The number of Topliss-reactive ketones (excluding diaryl/α,β-unsaturated/α-hetero) is 2. The van der Waals surface area contributed by atoms with Gasteiger partial charge in [-0.2, -0.15) is 0 Å². The topological polar surface area (TPSA) is 187 Å². The average Bonchev–Trinajstić information content (AvgIpc) is 2.86. The van der Waals surface area contributed by atoms with Gasteiger partial charge < -0.3 is 33.9 Å². The molecule has 0 bridgehead atoms. The van der Waals surface area contributed by atoms with Crippen molar-refractivity contribution in [3.63, 3.8) is 0 Å². The summed E-state index contributed by atoms with van der Waals surface area (Å²) in [6.45, 7) is 1.56. The number of esters is 1. The molecule has 0 amide bonds. The summed E-state index contributed by atoms with van der Waals surface area (Å²) in [5.74, 6) is -10.00. The lowest BCUT2D eigenvalue weighted by Gasteiger charge is -2.39.